The molecule has 0 spiro atoms. The molecule has 2 aromatic heterocycles. The van der Waals surface area contributed by atoms with Crippen LogP contribution in [-0.2, 0) is 23.3 Å². The van der Waals surface area contributed by atoms with Crippen LogP contribution in [0.25, 0.3) is 21.7 Å². The Morgan fingerprint density at radius 3 is 2.75 bits per heavy atom. The molecule has 2 atom stereocenters. The van der Waals surface area contributed by atoms with E-state index in [1.54, 1.807) is 19.4 Å². The van der Waals surface area contributed by atoms with Crippen molar-refractivity contribution >= 4 is 43.9 Å². The van der Waals surface area contributed by atoms with E-state index in [0.717, 1.165) is 35.6 Å². The van der Waals surface area contributed by atoms with Crippen LogP contribution >= 0.6 is 12.4 Å². The maximum Gasteiger partial charge on any atom is 0.208 e. The molecule has 2 unspecified atom stereocenters. The predicted molar refractivity (Wildman–Crippen MR) is 127 cm³/mol. The molecule has 4 heterocycles. The Hall–Kier alpha value is -2.61. The molecule has 4 aromatic rings. The van der Waals surface area contributed by atoms with Crippen LogP contribution in [0, 0.1) is 0 Å². The first-order valence-electron chi connectivity index (χ1n) is 10.5. The van der Waals surface area contributed by atoms with Gasteiger partial charge in [0, 0.05) is 65.9 Å². The SMILES string of the molecule is COc1cc(S(=O)(=O)c2cncc3ccccc23)cc2c3c(n(C)c12)CC1CCC3N1.Cl. The van der Waals surface area contributed by atoms with Crippen LogP contribution < -0.4 is 10.1 Å². The summed E-state index contributed by atoms with van der Waals surface area (Å²) in [6.07, 6.45) is 6.31. The fourth-order valence-corrected chi connectivity index (χ4v) is 6.89. The highest BCUT2D eigenvalue weighted by Gasteiger charge is 2.37. The van der Waals surface area contributed by atoms with Crippen LogP contribution in [0.4, 0.5) is 0 Å². The third kappa shape index (κ3) is 2.88. The molecule has 8 heteroatoms. The Labute approximate surface area is 192 Å². The van der Waals surface area contributed by atoms with Gasteiger partial charge in [0.1, 0.15) is 5.75 Å². The summed E-state index contributed by atoms with van der Waals surface area (Å²) >= 11 is 0. The zero-order valence-corrected chi connectivity index (χ0v) is 19.5. The molecule has 6 nitrogen and oxygen atoms in total. The minimum atomic E-state index is -3.79. The number of benzene rings is 2. The molecule has 2 aromatic carbocycles. The van der Waals surface area contributed by atoms with E-state index in [9.17, 15) is 8.42 Å². The van der Waals surface area contributed by atoms with Crippen molar-refractivity contribution in [1.82, 2.24) is 14.9 Å². The number of halogens is 1. The van der Waals surface area contributed by atoms with Gasteiger partial charge in [0.2, 0.25) is 9.84 Å². The fourth-order valence-electron chi connectivity index (χ4n) is 5.42. The lowest BCUT2D eigenvalue weighted by molar-refractivity contribution is 0.416. The van der Waals surface area contributed by atoms with Crippen LogP contribution in [0.5, 0.6) is 5.75 Å². The minimum absolute atomic E-state index is 0. The third-order valence-corrected chi connectivity index (χ3v) is 8.63. The van der Waals surface area contributed by atoms with E-state index in [0.29, 0.717) is 17.2 Å². The summed E-state index contributed by atoms with van der Waals surface area (Å²) in [4.78, 5) is 4.65. The van der Waals surface area contributed by atoms with Crippen molar-refractivity contribution < 1.29 is 13.2 Å². The van der Waals surface area contributed by atoms with Crippen LogP contribution in [0.15, 0.2) is 58.6 Å². The van der Waals surface area contributed by atoms with Crippen LogP contribution in [-0.4, -0.2) is 31.1 Å². The van der Waals surface area contributed by atoms with Gasteiger partial charge in [0.25, 0.3) is 0 Å². The van der Waals surface area contributed by atoms with Gasteiger partial charge in [0.15, 0.2) is 0 Å². The molecular weight excluding hydrogens is 446 g/mol. The number of hydrogen-bond acceptors (Lipinski definition) is 5. The van der Waals surface area contributed by atoms with E-state index in [2.05, 4.69) is 21.9 Å². The summed E-state index contributed by atoms with van der Waals surface area (Å²) in [6.45, 7) is 0. The Balaban J connectivity index is 0.00000216. The number of aryl methyl sites for hydroxylation is 1. The lowest BCUT2D eigenvalue weighted by atomic mass is 9.99. The lowest BCUT2D eigenvalue weighted by Crippen LogP contribution is -2.32. The average Bonchev–Trinajstić information content (AvgIpc) is 3.31. The summed E-state index contributed by atoms with van der Waals surface area (Å²) in [5.74, 6) is 0.581. The second-order valence-electron chi connectivity index (χ2n) is 8.50. The van der Waals surface area contributed by atoms with E-state index in [4.69, 9.17) is 4.74 Å². The quantitative estimate of drug-likeness (QED) is 0.483. The van der Waals surface area contributed by atoms with Gasteiger partial charge in [-0.1, -0.05) is 24.3 Å². The second-order valence-corrected chi connectivity index (χ2v) is 10.4. The minimum Gasteiger partial charge on any atom is -0.495 e. The second kappa shape index (κ2) is 7.47. The van der Waals surface area contributed by atoms with Crippen molar-refractivity contribution in [3.8, 4) is 5.75 Å². The summed E-state index contributed by atoms with van der Waals surface area (Å²) in [6, 6.07) is 11.7. The highest BCUT2D eigenvalue weighted by atomic mass is 35.5. The van der Waals surface area contributed by atoms with Crippen molar-refractivity contribution in [2.24, 2.45) is 7.05 Å². The van der Waals surface area contributed by atoms with Gasteiger partial charge in [-0.15, -0.1) is 12.4 Å². The molecule has 1 fully saturated rings. The summed E-state index contributed by atoms with van der Waals surface area (Å²) in [7, 11) is -0.142. The van der Waals surface area contributed by atoms with E-state index in [-0.39, 0.29) is 28.2 Å². The molecular formula is C24H24ClN3O3S. The first kappa shape index (κ1) is 21.2. The van der Waals surface area contributed by atoms with Crippen molar-refractivity contribution in [2.45, 2.75) is 41.1 Å². The lowest BCUT2D eigenvalue weighted by Gasteiger charge is -2.23. The zero-order valence-electron chi connectivity index (χ0n) is 17.8. The zero-order chi connectivity index (χ0) is 21.3. The molecule has 166 valence electrons. The Morgan fingerprint density at radius 2 is 1.94 bits per heavy atom. The summed E-state index contributed by atoms with van der Waals surface area (Å²) < 4.78 is 35.4. The topological polar surface area (TPSA) is 73.2 Å². The van der Waals surface area contributed by atoms with Gasteiger partial charge in [-0.3, -0.25) is 4.98 Å². The van der Waals surface area contributed by atoms with E-state index in [1.807, 2.05) is 30.3 Å². The smallest absolute Gasteiger partial charge is 0.208 e. The maximum atomic E-state index is 13.8. The highest BCUT2D eigenvalue weighted by Crippen LogP contribution is 2.45. The Kier molecular flexibility index (Phi) is 4.96. The predicted octanol–water partition coefficient (Wildman–Crippen LogP) is 4.34. The number of nitrogens with zero attached hydrogens (tertiary/aromatic N) is 2. The number of rotatable bonds is 3. The molecule has 0 radical (unpaired) electrons. The van der Waals surface area contributed by atoms with Crippen LogP contribution in [0.3, 0.4) is 0 Å². The summed E-state index contributed by atoms with van der Waals surface area (Å²) in [5, 5.41) is 6.12. The van der Waals surface area contributed by atoms with Gasteiger partial charge >= 0.3 is 0 Å². The van der Waals surface area contributed by atoms with Gasteiger partial charge in [-0.25, -0.2) is 8.42 Å². The fraction of sp³-hybridized carbons (Fsp3) is 0.292. The van der Waals surface area contributed by atoms with Crippen molar-refractivity contribution in [3.05, 3.63) is 60.0 Å². The van der Waals surface area contributed by atoms with Gasteiger partial charge < -0.3 is 14.6 Å². The number of aromatic nitrogens is 2. The average molecular weight is 470 g/mol. The molecule has 2 aliphatic rings. The first-order valence-corrected chi connectivity index (χ1v) is 12.0. The first-order chi connectivity index (χ1) is 15.0. The van der Waals surface area contributed by atoms with E-state index < -0.39 is 9.84 Å². The molecule has 0 saturated carbocycles. The Bertz CT molecular complexity index is 1470. The molecule has 2 aliphatic heterocycles. The molecule has 0 aliphatic carbocycles. The third-order valence-electron chi connectivity index (χ3n) is 6.87. The largest absolute Gasteiger partial charge is 0.495 e. The number of fused-ring (bicyclic) bond motifs is 7. The van der Waals surface area contributed by atoms with Crippen molar-refractivity contribution in [3.63, 3.8) is 0 Å². The van der Waals surface area contributed by atoms with Gasteiger partial charge in [-0.2, -0.15) is 0 Å². The van der Waals surface area contributed by atoms with Crippen molar-refractivity contribution in [2.75, 3.05) is 7.11 Å². The van der Waals surface area contributed by atoms with E-state index >= 15 is 0 Å². The number of sulfone groups is 1. The molecule has 6 rings (SSSR count). The maximum absolute atomic E-state index is 13.8. The molecule has 2 bridgehead atoms. The Morgan fingerprint density at radius 1 is 1.12 bits per heavy atom. The van der Waals surface area contributed by atoms with Crippen molar-refractivity contribution in [1.29, 1.82) is 0 Å². The molecule has 1 saturated heterocycles. The molecule has 32 heavy (non-hydrogen) atoms. The number of pyridine rings is 1. The van der Waals surface area contributed by atoms with Crippen LogP contribution in [0.2, 0.25) is 0 Å². The monoisotopic (exact) mass is 469 g/mol. The standard InChI is InChI=1S/C24H23N3O3S.ClH/c1-27-20-9-15-7-8-19(26-15)23(20)18-10-16(11-21(30-2)24(18)27)31(28,29)22-13-25-12-14-5-3-4-6-17(14)22;/h3-6,10-13,15,19,26H,7-9H2,1-2H3;1H. The molecule has 1 N–H and O–H groups in total. The number of ether oxygens (including phenoxy) is 1. The number of hydrogen-bond donors (Lipinski definition) is 1. The number of methoxy groups -OCH3 is 1. The summed E-state index contributed by atoms with van der Waals surface area (Å²) in [5.41, 5.74) is 3.45. The van der Waals surface area contributed by atoms with Crippen LogP contribution in [0.1, 0.15) is 30.1 Å². The van der Waals surface area contributed by atoms with Gasteiger partial charge in [-0.05, 0) is 24.5 Å². The number of nitrogens with one attached hydrogen (secondary N) is 1. The van der Waals surface area contributed by atoms with E-state index in [1.165, 1.54) is 17.5 Å². The molecule has 0 amide bonds. The highest BCUT2D eigenvalue weighted by molar-refractivity contribution is 7.91. The van der Waals surface area contributed by atoms with Gasteiger partial charge in [0.05, 0.1) is 22.4 Å². The normalized spacial score (nSPS) is 19.7.